The van der Waals surface area contributed by atoms with Crippen molar-refractivity contribution in [1.29, 1.82) is 0 Å². The SMILES string of the molecule is [B]C([B])([B])N(C(=O)Oc1c(C#CSI)cc(C(F)(F)F)cc1C(F)(F)F)c1ccc(F)cc1. The number of anilines is 1. The topological polar surface area (TPSA) is 29.5 Å². The lowest BCUT2D eigenvalue weighted by atomic mass is 9.48. The van der Waals surface area contributed by atoms with Crippen LogP contribution in [0.15, 0.2) is 36.4 Å². The molecular formula is C18H6B3F7INO2S. The molecule has 0 atom stereocenters. The normalized spacial score (nSPS) is 12.0. The third kappa shape index (κ3) is 7.02. The standard InChI is InChI=1S/C18H6B3F7INO2S/c19-18(20,21)30(12-3-1-11(22)2-4-12)15(31)32-14-9(5-6-33-29)7-10(16(23,24)25)8-13(14)17(26,27)28/h1-4,7-8H. The monoisotopic (exact) mass is 593 g/mol. The summed E-state index contributed by atoms with van der Waals surface area (Å²) in [5.41, 5.74) is -4.75. The van der Waals surface area contributed by atoms with Gasteiger partial charge in [-0.15, -0.1) is 0 Å². The zero-order valence-corrected chi connectivity index (χ0v) is 18.9. The van der Waals surface area contributed by atoms with Crippen LogP contribution >= 0.6 is 30.1 Å². The van der Waals surface area contributed by atoms with E-state index >= 15 is 0 Å². The van der Waals surface area contributed by atoms with Crippen molar-refractivity contribution in [2.45, 2.75) is 17.6 Å². The van der Waals surface area contributed by atoms with Crippen molar-refractivity contribution in [2.24, 2.45) is 0 Å². The lowest BCUT2D eigenvalue weighted by Gasteiger charge is -2.36. The van der Waals surface area contributed by atoms with Gasteiger partial charge in [0.05, 0.1) is 34.7 Å². The fourth-order valence-electron chi connectivity index (χ4n) is 2.49. The largest absolute Gasteiger partial charge is 0.420 e. The quantitative estimate of drug-likeness (QED) is 0.208. The molecule has 0 aliphatic carbocycles. The molecular weight excluding hydrogens is 587 g/mol. The second-order valence-corrected chi connectivity index (χ2v) is 7.95. The average Bonchev–Trinajstić information content (AvgIpc) is 2.65. The summed E-state index contributed by atoms with van der Waals surface area (Å²) in [6.45, 7) is 0. The Morgan fingerprint density at radius 2 is 1.58 bits per heavy atom. The van der Waals surface area contributed by atoms with Crippen molar-refractivity contribution in [2.75, 3.05) is 4.90 Å². The number of benzene rings is 2. The molecule has 6 radical (unpaired) electrons. The highest BCUT2D eigenvalue weighted by Crippen LogP contribution is 2.43. The summed E-state index contributed by atoms with van der Waals surface area (Å²) in [7, 11) is 17.3. The highest BCUT2D eigenvalue weighted by atomic mass is 127. The first-order valence-electron chi connectivity index (χ1n) is 8.31. The van der Waals surface area contributed by atoms with Crippen LogP contribution in [0.1, 0.15) is 16.7 Å². The Hall–Kier alpha value is -1.95. The van der Waals surface area contributed by atoms with E-state index in [9.17, 15) is 35.5 Å². The van der Waals surface area contributed by atoms with Gasteiger partial charge in [-0.1, -0.05) is 11.2 Å². The smallest absolute Gasteiger partial charge is 0.408 e. The zero-order chi connectivity index (χ0) is 25.2. The van der Waals surface area contributed by atoms with E-state index in [0.29, 0.717) is 6.07 Å². The molecule has 2 rings (SSSR count). The van der Waals surface area contributed by atoms with Gasteiger partial charge in [0.25, 0.3) is 0 Å². The Balaban J connectivity index is 2.70. The third-order valence-corrected chi connectivity index (χ3v) is 4.63. The summed E-state index contributed by atoms with van der Waals surface area (Å²) in [5, 5.41) is -0.322. The van der Waals surface area contributed by atoms with Gasteiger partial charge in [-0.05, 0) is 50.6 Å². The molecule has 0 N–H and O–H groups in total. The van der Waals surface area contributed by atoms with Crippen molar-refractivity contribution in [3.05, 3.63) is 58.9 Å². The van der Waals surface area contributed by atoms with E-state index in [-0.39, 0.29) is 16.7 Å². The summed E-state index contributed by atoms with van der Waals surface area (Å²) < 4.78 is 98.4. The molecule has 15 heteroatoms. The first-order chi connectivity index (χ1) is 15.1. The first kappa shape index (κ1) is 27.3. The predicted octanol–water partition coefficient (Wildman–Crippen LogP) is 5.38. The maximum absolute atomic E-state index is 13.6. The van der Waals surface area contributed by atoms with Crippen molar-refractivity contribution in [3.63, 3.8) is 0 Å². The lowest BCUT2D eigenvalue weighted by Crippen LogP contribution is -2.55. The summed E-state index contributed by atoms with van der Waals surface area (Å²) in [6.07, 6.45) is -12.2. The molecule has 0 bridgehead atoms. The maximum Gasteiger partial charge on any atom is 0.420 e. The molecule has 0 aliphatic rings. The number of amides is 1. The fraction of sp³-hybridized carbons (Fsp3) is 0.167. The predicted molar refractivity (Wildman–Crippen MR) is 120 cm³/mol. The number of rotatable bonds is 3. The number of hydrogen-bond acceptors (Lipinski definition) is 3. The molecule has 0 heterocycles. The van der Waals surface area contributed by atoms with Crippen LogP contribution < -0.4 is 9.64 Å². The Morgan fingerprint density at radius 1 is 1.00 bits per heavy atom. The van der Waals surface area contributed by atoms with E-state index in [1.54, 1.807) is 21.2 Å². The molecule has 3 nitrogen and oxygen atoms in total. The van der Waals surface area contributed by atoms with Gasteiger partial charge in [-0.3, -0.25) is 4.90 Å². The summed E-state index contributed by atoms with van der Waals surface area (Å²) in [5.74, 6) is 0.0239. The molecule has 0 fully saturated rings. The van der Waals surface area contributed by atoms with Crippen LogP contribution in [0, 0.1) is 17.0 Å². The van der Waals surface area contributed by atoms with E-state index < -0.39 is 51.9 Å². The molecule has 0 saturated heterocycles. The molecule has 2 aromatic carbocycles. The van der Waals surface area contributed by atoms with Gasteiger partial charge in [0.2, 0.25) is 0 Å². The van der Waals surface area contributed by atoms with Crippen LogP contribution in [0.3, 0.4) is 0 Å². The number of halogens is 8. The molecule has 2 aromatic rings. The number of carbonyl (C=O) groups excluding carboxylic acids is 1. The molecule has 0 unspecified atom stereocenters. The highest BCUT2D eigenvalue weighted by molar-refractivity contribution is 14.2. The van der Waals surface area contributed by atoms with Crippen molar-refractivity contribution in [1.82, 2.24) is 0 Å². The molecule has 0 spiro atoms. The van der Waals surface area contributed by atoms with Crippen molar-refractivity contribution >= 4 is 65.5 Å². The van der Waals surface area contributed by atoms with E-state index in [2.05, 4.69) is 11.2 Å². The van der Waals surface area contributed by atoms with Gasteiger partial charge < -0.3 is 4.74 Å². The van der Waals surface area contributed by atoms with Crippen LogP contribution in [0.5, 0.6) is 5.75 Å². The minimum absolute atomic E-state index is 0.228. The maximum atomic E-state index is 13.6. The fourth-order valence-corrected chi connectivity index (χ4v) is 2.97. The van der Waals surface area contributed by atoms with Gasteiger partial charge in [-0.25, -0.2) is 9.18 Å². The zero-order valence-electron chi connectivity index (χ0n) is 15.9. The number of ether oxygens (including phenoxy) is 1. The Kier molecular flexibility index (Phi) is 8.38. The summed E-state index contributed by atoms with van der Waals surface area (Å²) in [6, 6.07) is 3.75. The lowest BCUT2D eigenvalue weighted by molar-refractivity contribution is -0.143. The van der Waals surface area contributed by atoms with E-state index in [0.717, 1.165) is 33.2 Å². The molecule has 33 heavy (non-hydrogen) atoms. The van der Waals surface area contributed by atoms with Crippen LogP contribution in [0.2, 0.25) is 0 Å². The molecule has 0 saturated carbocycles. The number of carbonyl (C=O) groups is 1. The Labute approximate surface area is 203 Å². The van der Waals surface area contributed by atoms with Crippen LogP contribution in [0.25, 0.3) is 0 Å². The third-order valence-electron chi connectivity index (χ3n) is 3.79. The minimum atomic E-state index is -5.38. The van der Waals surface area contributed by atoms with Crippen molar-refractivity contribution < 1.29 is 40.3 Å². The van der Waals surface area contributed by atoms with Crippen LogP contribution in [-0.2, 0) is 12.4 Å². The van der Waals surface area contributed by atoms with Gasteiger partial charge in [-0.2, -0.15) is 26.3 Å². The second-order valence-electron chi connectivity index (χ2n) is 6.27. The number of nitrogens with zero attached hydrogens (tertiary/aromatic N) is 1. The Morgan fingerprint density at radius 3 is 2.03 bits per heavy atom. The molecule has 1 amide bonds. The van der Waals surface area contributed by atoms with Gasteiger partial charge in [0, 0.05) is 26.9 Å². The second kappa shape index (κ2) is 10.1. The van der Waals surface area contributed by atoms with Crippen LogP contribution in [-0.4, -0.2) is 34.9 Å². The van der Waals surface area contributed by atoms with Crippen LogP contribution in [0.4, 0.5) is 41.2 Å². The summed E-state index contributed by atoms with van der Waals surface area (Å²) in [4.78, 5) is 13.0. The molecule has 166 valence electrons. The number of alkyl halides is 6. The highest BCUT2D eigenvalue weighted by Gasteiger charge is 2.41. The number of hydrogen-bond donors (Lipinski definition) is 0. The average molecular weight is 593 g/mol. The molecule has 0 aliphatic heterocycles. The van der Waals surface area contributed by atoms with E-state index in [4.69, 9.17) is 28.3 Å². The van der Waals surface area contributed by atoms with Gasteiger partial charge >= 0.3 is 18.4 Å². The Bertz CT molecular complexity index is 1090. The van der Waals surface area contributed by atoms with E-state index in [1.165, 1.54) is 0 Å². The van der Waals surface area contributed by atoms with Gasteiger partial charge in [0.1, 0.15) is 11.4 Å². The van der Waals surface area contributed by atoms with Crippen molar-refractivity contribution in [3.8, 4) is 16.9 Å². The minimum Gasteiger partial charge on any atom is -0.408 e. The summed E-state index contributed by atoms with van der Waals surface area (Å²) >= 11 is 1.63. The molecule has 0 aromatic heterocycles. The first-order valence-corrected chi connectivity index (χ1v) is 11.7. The van der Waals surface area contributed by atoms with E-state index in [1.807, 2.05) is 0 Å². The van der Waals surface area contributed by atoms with Gasteiger partial charge in [0.15, 0.2) is 5.75 Å².